The summed E-state index contributed by atoms with van der Waals surface area (Å²) in [4.78, 5) is 12.0. The van der Waals surface area contributed by atoms with Crippen molar-refractivity contribution in [3.05, 3.63) is 18.2 Å². The highest BCUT2D eigenvalue weighted by Gasteiger charge is 2.53. The van der Waals surface area contributed by atoms with Crippen LogP contribution < -0.4 is 5.73 Å². The predicted octanol–water partition coefficient (Wildman–Crippen LogP) is -1.75. The molecule has 2 aromatic heterocycles. The largest absolute Gasteiger partial charge is 0.394 e. The quantitative estimate of drug-likeness (QED) is 0.508. The van der Waals surface area contributed by atoms with Gasteiger partial charge in [-0.15, -0.1) is 0 Å². The van der Waals surface area contributed by atoms with Crippen molar-refractivity contribution in [3.63, 3.8) is 0 Å². The first-order chi connectivity index (χ1) is 9.45. The Kier molecular flexibility index (Phi) is 2.87. The molecule has 0 radical (unpaired) electrons. The van der Waals surface area contributed by atoms with Crippen LogP contribution in [0.25, 0.3) is 5.78 Å². The van der Waals surface area contributed by atoms with Crippen molar-refractivity contribution < 1.29 is 20.1 Å². The van der Waals surface area contributed by atoms with Gasteiger partial charge in [-0.2, -0.15) is 0 Å². The van der Waals surface area contributed by atoms with Crippen molar-refractivity contribution in [1.82, 2.24) is 19.4 Å². The maximum Gasteiger partial charge on any atom is 0.238 e. The number of aliphatic hydroxyl groups excluding tert-OH is 2. The van der Waals surface area contributed by atoms with Crippen LogP contribution >= 0.6 is 0 Å². The molecule has 0 amide bonds. The predicted molar refractivity (Wildman–Crippen MR) is 66.5 cm³/mol. The topological polar surface area (TPSA) is 139 Å². The van der Waals surface area contributed by atoms with E-state index in [0.717, 1.165) is 0 Å². The summed E-state index contributed by atoms with van der Waals surface area (Å²) in [6.07, 6.45) is -0.166. The first-order valence-electron chi connectivity index (χ1n) is 6.07. The highest BCUT2D eigenvalue weighted by molar-refractivity contribution is 5.38. The van der Waals surface area contributed by atoms with Gasteiger partial charge in [-0.3, -0.25) is 4.40 Å². The number of fused-ring (bicyclic) bond motifs is 1. The van der Waals surface area contributed by atoms with E-state index in [1.54, 1.807) is 0 Å². The number of imidazole rings is 1. The number of nitrogens with two attached hydrogens (primary N) is 1. The summed E-state index contributed by atoms with van der Waals surface area (Å²) in [6, 6.07) is 0. The number of rotatable bonds is 2. The molecule has 0 aromatic carbocycles. The fourth-order valence-corrected chi connectivity index (χ4v) is 2.41. The summed E-state index contributed by atoms with van der Waals surface area (Å²) < 4.78 is 6.93. The van der Waals surface area contributed by atoms with E-state index >= 15 is 0 Å². The highest BCUT2D eigenvalue weighted by atomic mass is 16.6. The minimum Gasteiger partial charge on any atom is -0.394 e. The summed E-state index contributed by atoms with van der Waals surface area (Å²) in [7, 11) is 0. The van der Waals surface area contributed by atoms with Crippen LogP contribution in [0.15, 0.2) is 12.5 Å². The molecule has 20 heavy (non-hydrogen) atoms. The van der Waals surface area contributed by atoms with Crippen LogP contribution in [-0.2, 0) is 4.74 Å². The molecule has 5 N–H and O–H groups in total. The van der Waals surface area contributed by atoms with E-state index in [1.165, 1.54) is 23.8 Å². The number of nitrogen functional groups attached to an aromatic ring is 1. The van der Waals surface area contributed by atoms with Gasteiger partial charge >= 0.3 is 0 Å². The van der Waals surface area contributed by atoms with E-state index in [4.69, 9.17) is 15.6 Å². The van der Waals surface area contributed by atoms with Gasteiger partial charge in [0.15, 0.2) is 0 Å². The van der Waals surface area contributed by atoms with Gasteiger partial charge in [-0.05, 0) is 6.92 Å². The first kappa shape index (κ1) is 13.2. The summed E-state index contributed by atoms with van der Waals surface area (Å²) in [6.45, 7) is 1.03. The number of aromatic nitrogens is 4. The van der Waals surface area contributed by atoms with Gasteiger partial charge in [0.05, 0.1) is 12.3 Å². The third-order valence-corrected chi connectivity index (χ3v) is 3.56. The molecule has 0 bridgehead atoms. The van der Waals surface area contributed by atoms with E-state index in [0.29, 0.717) is 11.5 Å². The monoisotopic (exact) mass is 281 g/mol. The second-order valence-electron chi connectivity index (χ2n) is 4.98. The molecule has 2 aromatic rings. The fraction of sp³-hybridized carbons (Fsp3) is 0.545. The molecule has 4 atom stereocenters. The molecule has 1 aliphatic heterocycles. The summed E-state index contributed by atoms with van der Waals surface area (Å²) >= 11 is 0. The summed E-state index contributed by atoms with van der Waals surface area (Å²) in [5, 5.41) is 29.5. The Morgan fingerprint density at radius 3 is 2.85 bits per heavy atom. The molecule has 9 nitrogen and oxygen atoms in total. The van der Waals surface area contributed by atoms with Crippen LogP contribution in [0.1, 0.15) is 18.7 Å². The van der Waals surface area contributed by atoms with Crippen LogP contribution in [0.2, 0.25) is 0 Å². The molecule has 0 spiro atoms. The van der Waals surface area contributed by atoms with Crippen molar-refractivity contribution in [2.45, 2.75) is 30.8 Å². The third-order valence-electron chi connectivity index (χ3n) is 3.56. The third kappa shape index (κ3) is 1.75. The fourth-order valence-electron chi connectivity index (χ4n) is 2.41. The van der Waals surface area contributed by atoms with Crippen LogP contribution in [-0.4, -0.2) is 59.1 Å². The second kappa shape index (κ2) is 4.35. The number of ether oxygens (including phenoxy) is 1. The van der Waals surface area contributed by atoms with E-state index in [1.807, 2.05) is 0 Å². The Morgan fingerprint density at radius 2 is 2.25 bits per heavy atom. The molecular weight excluding hydrogens is 266 g/mol. The zero-order chi connectivity index (χ0) is 14.5. The molecule has 1 aliphatic rings. The molecule has 9 heteroatoms. The van der Waals surface area contributed by atoms with Crippen molar-refractivity contribution >= 4 is 11.7 Å². The normalized spacial score (nSPS) is 33.9. The van der Waals surface area contributed by atoms with E-state index < -0.39 is 30.5 Å². The van der Waals surface area contributed by atoms with Crippen molar-refractivity contribution in [2.24, 2.45) is 0 Å². The van der Waals surface area contributed by atoms with Gasteiger partial charge < -0.3 is 25.8 Å². The zero-order valence-corrected chi connectivity index (χ0v) is 10.7. The lowest BCUT2D eigenvalue weighted by Gasteiger charge is -2.25. The van der Waals surface area contributed by atoms with Gasteiger partial charge in [0, 0.05) is 6.20 Å². The Labute approximate surface area is 113 Å². The Morgan fingerprint density at radius 1 is 1.50 bits per heavy atom. The average molecular weight is 281 g/mol. The molecule has 108 valence electrons. The number of aliphatic hydroxyl groups is 3. The zero-order valence-electron chi connectivity index (χ0n) is 10.7. The molecular formula is C11H15N5O4. The van der Waals surface area contributed by atoms with Crippen molar-refractivity contribution in [1.29, 1.82) is 0 Å². The first-order valence-corrected chi connectivity index (χ1v) is 6.07. The average Bonchev–Trinajstić information content (AvgIpc) is 2.92. The number of nitrogens with zero attached hydrogens (tertiary/aromatic N) is 4. The lowest BCUT2D eigenvalue weighted by atomic mass is 9.91. The van der Waals surface area contributed by atoms with Crippen molar-refractivity contribution in [2.75, 3.05) is 12.3 Å². The molecule has 1 fully saturated rings. The Balaban J connectivity index is 2.05. The van der Waals surface area contributed by atoms with Crippen molar-refractivity contribution in [3.8, 4) is 0 Å². The summed E-state index contributed by atoms with van der Waals surface area (Å²) in [5.41, 5.74) is 4.48. The van der Waals surface area contributed by atoms with Crippen LogP contribution in [0.4, 0.5) is 5.95 Å². The maximum atomic E-state index is 10.4. The minimum absolute atomic E-state index is 0.200. The Hall–Kier alpha value is -1.81. The second-order valence-corrected chi connectivity index (χ2v) is 4.98. The van der Waals surface area contributed by atoms with E-state index in [9.17, 15) is 10.2 Å². The molecule has 1 saturated heterocycles. The van der Waals surface area contributed by atoms with E-state index in [-0.39, 0.29) is 5.95 Å². The molecule has 3 rings (SSSR count). The number of hydrogen-bond donors (Lipinski definition) is 4. The lowest BCUT2D eigenvalue weighted by molar-refractivity contribution is -0.0658. The van der Waals surface area contributed by atoms with Gasteiger partial charge in [-0.1, -0.05) is 0 Å². The molecule has 0 saturated carbocycles. The number of hydrogen-bond acceptors (Lipinski definition) is 8. The Bertz CT molecular complexity index is 643. The van der Waals surface area contributed by atoms with Gasteiger partial charge in [0.2, 0.25) is 11.7 Å². The SMILES string of the molecule is C[C@]1(O)C(c2cn3c(N)ncnc3n2)OC(CO)[C@H]1O. The van der Waals surface area contributed by atoms with Gasteiger partial charge in [0.25, 0.3) is 0 Å². The lowest BCUT2D eigenvalue weighted by Crippen LogP contribution is -2.43. The molecule has 0 aliphatic carbocycles. The standard InChI is InChI=1S/C11H15N5O4/c1-11(19)7(18)6(3-17)20-8(11)5-2-16-9(12)13-4-14-10(16)15-5/h2,4,6-8,17-19H,3H2,1H3,(H2,12,13,14,15)/t6?,7-,8?,11-/m1/s1. The minimum atomic E-state index is -1.58. The molecule has 2 unspecified atom stereocenters. The van der Waals surface area contributed by atoms with Crippen LogP contribution in [0, 0.1) is 0 Å². The van der Waals surface area contributed by atoms with Gasteiger partial charge in [-0.25, -0.2) is 15.0 Å². The highest BCUT2D eigenvalue weighted by Crippen LogP contribution is 2.40. The number of anilines is 1. The van der Waals surface area contributed by atoms with Crippen LogP contribution in [0.5, 0.6) is 0 Å². The smallest absolute Gasteiger partial charge is 0.238 e. The summed E-state index contributed by atoms with van der Waals surface area (Å²) in [5.74, 6) is 0.513. The molecule has 3 heterocycles. The maximum absolute atomic E-state index is 10.4. The van der Waals surface area contributed by atoms with Crippen LogP contribution in [0.3, 0.4) is 0 Å². The van der Waals surface area contributed by atoms with Gasteiger partial charge in [0.1, 0.15) is 30.2 Å². The van der Waals surface area contributed by atoms with E-state index in [2.05, 4.69) is 15.0 Å².